The van der Waals surface area contributed by atoms with Crippen molar-refractivity contribution in [2.45, 2.75) is 113 Å². The molecule has 2 rings (SSSR count). The Balaban J connectivity index is 1.97. The maximum Gasteiger partial charge on any atom is 0.374 e. The molecule has 0 amide bonds. The molecule has 0 radical (unpaired) electrons. The third-order valence-electron chi connectivity index (χ3n) is 6.68. The summed E-state index contributed by atoms with van der Waals surface area (Å²) in [5.41, 5.74) is -0.0730. The number of unbranched alkanes of at least 4 members (excludes halogenated alkanes) is 10. The quantitative estimate of drug-likeness (QED) is 0.0739. The van der Waals surface area contributed by atoms with Crippen LogP contribution in [0.2, 0.25) is 0 Å². The number of aliphatic hydroxyl groups is 1. The maximum absolute atomic E-state index is 12.4. The van der Waals surface area contributed by atoms with Crippen LogP contribution in [-0.2, 0) is 9.53 Å². The van der Waals surface area contributed by atoms with E-state index in [0.717, 1.165) is 23.8 Å². The van der Waals surface area contributed by atoms with Crippen LogP contribution in [0, 0.1) is 0 Å². The van der Waals surface area contributed by atoms with Crippen LogP contribution >= 0.6 is 11.8 Å². The monoisotopic (exact) mass is 560 g/mol. The van der Waals surface area contributed by atoms with Gasteiger partial charge in [0.05, 0.1) is 23.8 Å². The largest absolute Gasteiger partial charge is 0.481 e. The molecule has 0 unspecified atom stereocenters. The second-order valence-electron chi connectivity index (χ2n) is 9.96. The number of hydrogen-bond donors (Lipinski definition) is 2. The van der Waals surface area contributed by atoms with Crippen molar-refractivity contribution in [1.29, 1.82) is 0 Å². The summed E-state index contributed by atoms with van der Waals surface area (Å²) in [6.45, 7) is 2.24. The second kappa shape index (κ2) is 18.7. The number of methoxy groups -OCH3 is 1. The third-order valence-corrected chi connectivity index (χ3v) is 7.95. The third kappa shape index (κ3) is 12.4. The minimum atomic E-state index is -0.881. The van der Waals surface area contributed by atoms with Crippen LogP contribution in [0.15, 0.2) is 50.5 Å². The standard InChI is InChI=1S/C31H44O7S/c1-3-4-5-6-7-8-9-10-11-12-13-14-17-29(25(32)16-15-18-30(34)35)39-23-19-20-24-26(33)22-28(31(36)37-2)38-27(24)21-23/h14,17,19-22,25,29,32H,3-13,15-16,18H2,1-2H3,(H,34,35)/b17-14-/t25-,29+/m0/s1. The fourth-order valence-corrected chi connectivity index (χ4v) is 5.54. The minimum absolute atomic E-state index is 0.00814. The molecule has 0 aliphatic heterocycles. The number of ether oxygens (including phenoxy) is 1. The number of aliphatic carboxylic acids is 1. The smallest absolute Gasteiger partial charge is 0.374 e. The molecule has 39 heavy (non-hydrogen) atoms. The zero-order chi connectivity index (χ0) is 28.5. The molecule has 8 heteroatoms. The van der Waals surface area contributed by atoms with Crippen LogP contribution in [0.3, 0.4) is 0 Å². The molecule has 0 spiro atoms. The van der Waals surface area contributed by atoms with Gasteiger partial charge in [-0.15, -0.1) is 11.8 Å². The number of allylic oxidation sites excluding steroid dienone is 1. The first-order valence-corrected chi connectivity index (χ1v) is 15.1. The van der Waals surface area contributed by atoms with Crippen molar-refractivity contribution in [2.75, 3.05) is 7.11 Å². The highest BCUT2D eigenvalue weighted by Crippen LogP contribution is 2.31. The highest BCUT2D eigenvalue weighted by atomic mass is 32.2. The Bertz CT molecular complexity index is 1110. The molecule has 2 N–H and O–H groups in total. The predicted molar refractivity (Wildman–Crippen MR) is 157 cm³/mol. The van der Waals surface area contributed by atoms with E-state index < -0.39 is 18.0 Å². The number of hydrogen-bond acceptors (Lipinski definition) is 7. The topological polar surface area (TPSA) is 114 Å². The van der Waals surface area contributed by atoms with Gasteiger partial charge in [-0.1, -0.05) is 76.9 Å². The molecule has 216 valence electrons. The Morgan fingerprint density at radius 3 is 2.31 bits per heavy atom. The zero-order valence-corrected chi connectivity index (χ0v) is 24.2. The normalized spacial score (nSPS) is 13.1. The number of fused-ring (bicyclic) bond motifs is 1. The Kier molecular flexibility index (Phi) is 15.6. The molecule has 7 nitrogen and oxygen atoms in total. The Morgan fingerprint density at radius 1 is 1.00 bits per heavy atom. The first-order valence-electron chi connectivity index (χ1n) is 14.2. The van der Waals surface area contributed by atoms with Gasteiger partial charge in [0.15, 0.2) is 5.43 Å². The zero-order valence-electron chi connectivity index (χ0n) is 23.4. The minimum Gasteiger partial charge on any atom is -0.481 e. The second-order valence-corrected chi connectivity index (χ2v) is 11.2. The SMILES string of the molecule is CCCCCCCCCCCC/C=C\[C@@H](Sc1ccc2c(=O)cc(C(=O)OC)oc2c1)[C@@H](O)CCCC(=O)O. The fourth-order valence-electron chi connectivity index (χ4n) is 4.42. The van der Waals surface area contributed by atoms with Crippen LogP contribution in [-0.4, -0.2) is 40.6 Å². The summed E-state index contributed by atoms with van der Waals surface area (Å²) in [6, 6.07) is 6.23. The Morgan fingerprint density at radius 2 is 1.67 bits per heavy atom. The molecule has 1 aromatic heterocycles. The highest BCUT2D eigenvalue weighted by molar-refractivity contribution is 8.00. The van der Waals surface area contributed by atoms with Crippen molar-refractivity contribution in [1.82, 2.24) is 0 Å². The lowest BCUT2D eigenvalue weighted by Gasteiger charge is -2.19. The van der Waals surface area contributed by atoms with E-state index in [1.54, 1.807) is 18.2 Å². The molecular formula is C31H44O7S. The van der Waals surface area contributed by atoms with Crippen molar-refractivity contribution in [3.05, 3.63) is 52.4 Å². The van der Waals surface area contributed by atoms with E-state index in [0.29, 0.717) is 18.2 Å². The molecule has 2 atom stereocenters. The van der Waals surface area contributed by atoms with Gasteiger partial charge in [0.2, 0.25) is 5.76 Å². The molecule has 2 aromatic rings. The summed E-state index contributed by atoms with van der Waals surface area (Å²) in [5.74, 6) is -1.78. The van der Waals surface area contributed by atoms with Crippen LogP contribution in [0.25, 0.3) is 11.0 Å². The molecule has 1 heterocycles. The van der Waals surface area contributed by atoms with E-state index in [1.807, 2.05) is 6.08 Å². The van der Waals surface area contributed by atoms with Crippen molar-refractivity contribution < 1.29 is 29.0 Å². The molecule has 0 saturated carbocycles. The van der Waals surface area contributed by atoms with E-state index in [-0.39, 0.29) is 28.4 Å². The summed E-state index contributed by atoms with van der Waals surface area (Å²) in [6.07, 6.45) is 17.8. The lowest BCUT2D eigenvalue weighted by atomic mass is 10.1. The van der Waals surface area contributed by atoms with Gasteiger partial charge in [0, 0.05) is 17.4 Å². The summed E-state index contributed by atoms with van der Waals surface area (Å²) >= 11 is 1.42. The average Bonchev–Trinajstić information content (AvgIpc) is 2.92. The lowest BCUT2D eigenvalue weighted by molar-refractivity contribution is -0.137. The molecule has 1 aromatic carbocycles. The van der Waals surface area contributed by atoms with Gasteiger partial charge in [0.25, 0.3) is 0 Å². The van der Waals surface area contributed by atoms with Crippen LogP contribution < -0.4 is 5.43 Å². The summed E-state index contributed by atoms with van der Waals surface area (Å²) < 4.78 is 10.3. The Hall–Kier alpha value is -2.58. The number of benzene rings is 1. The summed E-state index contributed by atoms with van der Waals surface area (Å²) in [4.78, 5) is 35.9. The van der Waals surface area contributed by atoms with Gasteiger partial charge in [-0.05, 0) is 43.9 Å². The molecule has 0 aliphatic carbocycles. The number of carboxylic acid groups (broad SMARTS) is 1. The number of thioether (sulfide) groups is 1. The van der Waals surface area contributed by atoms with Crippen LogP contribution in [0.5, 0.6) is 0 Å². The van der Waals surface area contributed by atoms with E-state index in [9.17, 15) is 19.5 Å². The van der Waals surface area contributed by atoms with Crippen molar-refractivity contribution in [3.8, 4) is 0 Å². The maximum atomic E-state index is 12.4. The molecule has 0 aliphatic rings. The fraction of sp³-hybridized carbons (Fsp3) is 0.581. The number of carboxylic acids is 1. The van der Waals surface area contributed by atoms with Gasteiger partial charge >= 0.3 is 11.9 Å². The van der Waals surface area contributed by atoms with Gasteiger partial charge in [0.1, 0.15) is 5.58 Å². The number of aliphatic hydroxyl groups excluding tert-OH is 1. The molecule has 0 saturated heterocycles. The van der Waals surface area contributed by atoms with E-state index >= 15 is 0 Å². The number of carbonyl (C=O) groups excluding carboxylic acids is 1. The number of esters is 1. The van der Waals surface area contributed by atoms with E-state index in [4.69, 9.17) is 9.52 Å². The molecule has 0 fully saturated rings. The van der Waals surface area contributed by atoms with Gasteiger partial charge in [-0.2, -0.15) is 0 Å². The van der Waals surface area contributed by atoms with Gasteiger partial charge < -0.3 is 19.4 Å². The lowest BCUT2D eigenvalue weighted by Crippen LogP contribution is -2.21. The number of rotatable bonds is 20. The summed E-state index contributed by atoms with van der Waals surface area (Å²) in [5, 5.41) is 19.9. The predicted octanol–water partition coefficient (Wildman–Crippen LogP) is 7.52. The molecular weight excluding hydrogens is 516 g/mol. The highest BCUT2D eigenvalue weighted by Gasteiger charge is 2.19. The van der Waals surface area contributed by atoms with E-state index in [2.05, 4.69) is 17.7 Å². The summed E-state index contributed by atoms with van der Waals surface area (Å²) in [7, 11) is 1.22. The van der Waals surface area contributed by atoms with Gasteiger partial charge in [-0.3, -0.25) is 9.59 Å². The average molecular weight is 561 g/mol. The van der Waals surface area contributed by atoms with Crippen LogP contribution in [0.4, 0.5) is 0 Å². The Labute approximate surface area is 236 Å². The van der Waals surface area contributed by atoms with Crippen LogP contribution in [0.1, 0.15) is 107 Å². The number of carbonyl (C=O) groups is 2. The van der Waals surface area contributed by atoms with Crippen molar-refractivity contribution in [3.63, 3.8) is 0 Å². The molecule has 0 bridgehead atoms. The van der Waals surface area contributed by atoms with Gasteiger partial charge in [-0.25, -0.2) is 4.79 Å². The van der Waals surface area contributed by atoms with E-state index in [1.165, 1.54) is 76.7 Å². The van der Waals surface area contributed by atoms with Crippen molar-refractivity contribution in [2.24, 2.45) is 0 Å². The van der Waals surface area contributed by atoms with Crippen molar-refractivity contribution >= 4 is 34.7 Å². The first-order chi connectivity index (χ1) is 18.8. The first kappa shape index (κ1) is 32.6.